The number of nitrogens with zero attached hydrogens (tertiary/aromatic N) is 3. The minimum absolute atomic E-state index is 0.0822. The highest BCUT2D eigenvalue weighted by atomic mass is 79.9. The first-order valence-corrected chi connectivity index (χ1v) is 7.58. The van der Waals surface area contributed by atoms with E-state index < -0.39 is 0 Å². The van der Waals surface area contributed by atoms with Crippen molar-refractivity contribution in [2.45, 2.75) is 13.8 Å². The van der Waals surface area contributed by atoms with Crippen molar-refractivity contribution in [2.24, 2.45) is 0 Å². The van der Waals surface area contributed by atoms with Gasteiger partial charge < -0.3 is 10.2 Å². The third-order valence-corrected chi connectivity index (χ3v) is 3.55. The van der Waals surface area contributed by atoms with E-state index in [1.54, 1.807) is 17.2 Å². The average Bonchev–Trinajstić information content (AvgIpc) is 2.51. The van der Waals surface area contributed by atoms with Gasteiger partial charge in [-0.25, -0.2) is 9.97 Å². The lowest BCUT2D eigenvalue weighted by Gasteiger charge is -2.18. The highest BCUT2D eigenvalue weighted by Gasteiger charge is 2.14. The second kappa shape index (κ2) is 7.17. The highest BCUT2D eigenvalue weighted by molar-refractivity contribution is 9.10. The number of carbonyl (C=O) groups excluding carboxylic acids is 1. The molecular weight excluding hydrogens is 332 g/mol. The molecule has 1 aromatic carbocycles. The Kier molecular flexibility index (Phi) is 5.27. The lowest BCUT2D eigenvalue weighted by Crippen LogP contribution is -2.31. The molecule has 110 valence electrons. The van der Waals surface area contributed by atoms with Gasteiger partial charge in [0.2, 0.25) is 5.95 Å². The van der Waals surface area contributed by atoms with Crippen molar-refractivity contribution >= 4 is 33.5 Å². The molecule has 0 saturated heterocycles. The number of halogens is 1. The molecule has 0 aliphatic rings. The summed E-state index contributed by atoms with van der Waals surface area (Å²) in [5.74, 6) is 0.330. The zero-order valence-electron chi connectivity index (χ0n) is 12.0. The lowest BCUT2D eigenvalue weighted by molar-refractivity contribution is 0.0767. The maximum Gasteiger partial charge on any atom is 0.272 e. The first-order valence-electron chi connectivity index (χ1n) is 6.79. The summed E-state index contributed by atoms with van der Waals surface area (Å²) in [5, 5.41) is 3.09. The summed E-state index contributed by atoms with van der Waals surface area (Å²) in [6.45, 7) is 5.22. The first kappa shape index (κ1) is 15.4. The quantitative estimate of drug-likeness (QED) is 0.898. The van der Waals surface area contributed by atoms with Gasteiger partial charge in [-0.2, -0.15) is 0 Å². The van der Waals surface area contributed by atoms with Crippen molar-refractivity contribution in [1.82, 2.24) is 14.9 Å². The van der Waals surface area contributed by atoms with Gasteiger partial charge in [0.05, 0.1) is 0 Å². The third-order valence-electron chi connectivity index (χ3n) is 3.03. The summed E-state index contributed by atoms with van der Waals surface area (Å²) in [6.07, 6.45) is 1.59. The second-order valence-corrected chi connectivity index (χ2v) is 5.29. The van der Waals surface area contributed by atoms with Crippen LogP contribution in [0.25, 0.3) is 0 Å². The Morgan fingerprint density at radius 3 is 2.48 bits per heavy atom. The van der Waals surface area contributed by atoms with Crippen molar-refractivity contribution in [2.75, 3.05) is 18.4 Å². The van der Waals surface area contributed by atoms with Crippen molar-refractivity contribution in [3.05, 3.63) is 46.7 Å². The number of benzene rings is 1. The minimum atomic E-state index is -0.0822. The summed E-state index contributed by atoms with van der Waals surface area (Å²) in [4.78, 5) is 22.4. The van der Waals surface area contributed by atoms with E-state index in [9.17, 15) is 4.79 Å². The largest absolute Gasteiger partial charge is 0.338 e. The van der Waals surface area contributed by atoms with Crippen LogP contribution < -0.4 is 5.32 Å². The Morgan fingerprint density at radius 1 is 1.19 bits per heavy atom. The maximum absolute atomic E-state index is 12.3. The third kappa shape index (κ3) is 4.01. The molecule has 0 radical (unpaired) electrons. The summed E-state index contributed by atoms with van der Waals surface area (Å²) < 4.78 is 0.999. The zero-order chi connectivity index (χ0) is 15.2. The van der Waals surface area contributed by atoms with E-state index in [0.29, 0.717) is 24.7 Å². The van der Waals surface area contributed by atoms with Crippen molar-refractivity contribution < 1.29 is 4.79 Å². The molecule has 2 rings (SSSR count). The van der Waals surface area contributed by atoms with E-state index in [0.717, 1.165) is 10.2 Å². The molecule has 1 aromatic heterocycles. The molecule has 0 saturated carbocycles. The van der Waals surface area contributed by atoms with Gasteiger partial charge in [0.25, 0.3) is 5.91 Å². The Morgan fingerprint density at radius 2 is 1.86 bits per heavy atom. The minimum Gasteiger partial charge on any atom is -0.338 e. The van der Waals surface area contributed by atoms with Crippen molar-refractivity contribution in [3.63, 3.8) is 0 Å². The van der Waals surface area contributed by atoms with Crippen LogP contribution in [0.1, 0.15) is 24.3 Å². The predicted molar refractivity (Wildman–Crippen MR) is 86.7 cm³/mol. The van der Waals surface area contributed by atoms with Gasteiger partial charge in [-0.1, -0.05) is 15.9 Å². The Balaban J connectivity index is 2.17. The van der Waals surface area contributed by atoms with E-state index in [4.69, 9.17) is 0 Å². The fourth-order valence-electron chi connectivity index (χ4n) is 1.87. The van der Waals surface area contributed by atoms with Crippen molar-refractivity contribution in [3.8, 4) is 0 Å². The van der Waals surface area contributed by atoms with Crippen LogP contribution in [-0.2, 0) is 0 Å². The lowest BCUT2D eigenvalue weighted by atomic mass is 10.3. The first-order chi connectivity index (χ1) is 10.1. The predicted octanol–water partition coefficient (Wildman–Crippen LogP) is 3.46. The van der Waals surface area contributed by atoms with Crippen LogP contribution in [0.5, 0.6) is 0 Å². The van der Waals surface area contributed by atoms with Gasteiger partial charge >= 0.3 is 0 Å². The van der Waals surface area contributed by atoms with Gasteiger partial charge in [-0.3, -0.25) is 4.79 Å². The summed E-state index contributed by atoms with van der Waals surface area (Å²) in [5.41, 5.74) is 1.26. The molecule has 0 atom stereocenters. The van der Waals surface area contributed by atoms with Gasteiger partial charge in [-0.05, 0) is 44.2 Å². The van der Waals surface area contributed by atoms with Crippen LogP contribution in [0.4, 0.5) is 11.6 Å². The molecule has 0 spiro atoms. The van der Waals surface area contributed by atoms with Crippen LogP contribution in [0, 0.1) is 0 Å². The molecule has 0 unspecified atom stereocenters. The zero-order valence-corrected chi connectivity index (χ0v) is 13.6. The SMILES string of the molecule is CCN(CC)C(=O)c1ccnc(Nc2ccc(Br)cc2)n1. The van der Waals surface area contributed by atoms with E-state index in [2.05, 4.69) is 31.2 Å². The van der Waals surface area contributed by atoms with Crippen LogP contribution >= 0.6 is 15.9 Å². The normalized spacial score (nSPS) is 10.2. The van der Waals surface area contributed by atoms with Gasteiger partial charge in [0.1, 0.15) is 5.69 Å². The molecule has 0 fully saturated rings. The average molecular weight is 349 g/mol. The van der Waals surface area contributed by atoms with Crippen LogP contribution in [0.2, 0.25) is 0 Å². The van der Waals surface area contributed by atoms with Crippen LogP contribution in [0.3, 0.4) is 0 Å². The van der Waals surface area contributed by atoms with Gasteiger partial charge in [0.15, 0.2) is 0 Å². The number of carbonyl (C=O) groups is 1. The van der Waals surface area contributed by atoms with E-state index in [1.165, 1.54) is 0 Å². The number of rotatable bonds is 5. The van der Waals surface area contributed by atoms with Gasteiger partial charge in [0, 0.05) is 29.4 Å². The Hall–Kier alpha value is -1.95. The number of aromatic nitrogens is 2. The van der Waals surface area contributed by atoms with Crippen molar-refractivity contribution in [1.29, 1.82) is 0 Å². The smallest absolute Gasteiger partial charge is 0.272 e. The summed E-state index contributed by atoms with van der Waals surface area (Å²) in [6, 6.07) is 9.30. The molecule has 6 heteroatoms. The second-order valence-electron chi connectivity index (χ2n) is 4.37. The number of amides is 1. The molecule has 21 heavy (non-hydrogen) atoms. The Bertz CT molecular complexity index is 611. The number of nitrogens with one attached hydrogen (secondary N) is 1. The molecule has 1 amide bonds. The molecule has 0 aliphatic heterocycles. The highest BCUT2D eigenvalue weighted by Crippen LogP contribution is 2.17. The molecule has 5 nitrogen and oxygen atoms in total. The molecule has 1 N–H and O–H groups in total. The molecule has 0 aliphatic carbocycles. The summed E-state index contributed by atoms with van der Waals surface area (Å²) >= 11 is 3.38. The van der Waals surface area contributed by atoms with E-state index >= 15 is 0 Å². The van der Waals surface area contributed by atoms with Gasteiger partial charge in [-0.15, -0.1) is 0 Å². The Labute approximate surface area is 132 Å². The number of hydrogen-bond acceptors (Lipinski definition) is 4. The van der Waals surface area contributed by atoms with Crippen LogP contribution in [0.15, 0.2) is 41.0 Å². The molecule has 1 heterocycles. The fraction of sp³-hybridized carbons (Fsp3) is 0.267. The fourth-order valence-corrected chi connectivity index (χ4v) is 2.14. The summed E-state index contributed by atoms with van der Waals surface area (Å²) in [7, 11) is 0. The number of anilines is 2. The van der Waals surface area contributed by atoms with Crippen LogP contribution in [-0.4, -0.2) is 33.9 Å². The standard InChI is InChI=1S/C15H17BrN4O/c1-3-20(4-2)14(21)13-9-10-17-15(19-13)18-12-7-5-11(16)6-8-12/h5-10H,3-4H2,1-2H3,(H,17,18,19). The molecule has 2 aromatic rings. The van der Waals surface area contributed by atoms with E-state index in [1.807, 2.05) is 38.1 Å². The van der Waals surface area contributed by atoms with E-state index in [-0.39, 0.29) is 5.91 Å². The molecule has 0 bridgehead atoms. The monoisotopic (exact) mass is 348 g/mol. The number of hydrogen-bond donors (Lipinski definition) is 1. The topological polar surface area (TPSA) is 58.1 Å². The maximum atomic E-state index is 12.3. The molecular formula is C15H17BrN4O.